The van der Waals surface area contributed by atoms with Crippen LogP contribution in [0.25, 0.3) is 11.0 Å². The Morgan fingerprint density at radius 2 is 2.08 bits per heavy atom. The Kier molecular flexibility index (Phi) is 6.96. The Morgan fingerprint density at radius 1 is 1.23 bits per heavy atom. The van der Waals surface area contributed by atoms with E-state index < -0.39 is 17.9 Å². The van der Waals surface area contributed by atoms with Crippen LogP contribution in [-0.2, 0) is 30.8 Å². The second-order valence-electron chi connectivity index (χ2n) is 10.4. The van der Waals surface area contributed by atoms with Crippen molar-refractivity contribution in [2.24, 2.45) is 0 Å². The molecular weight excluding hydrogens is 511 g/mol. The Morgan fingerprint density at radius 3 is 2.80 bits per heavy atom. The molecule has 8 nitrogen and oxygen atoms in total. The van der Waals surface area contributed by atoms with Crippen LogP contribution in [0.15, 0.2) is 54.6 Å². The Bertz CT molecular complexity index is 1640. The number of fused-ring (bicyclic) bond motifs is 2. The minimum atomic E-state index is -0.960. The molecule has 2 aliphatic rings. The van der Waals surface area contributed by atoms with Gasteiger partial charge in [0.15, 0.2) is 0 Å². The van der Waals surface area contributed by atoms with E-state index in [0.717, 1.165) is 48.4 Å². The summed E-state index contributed by atoms with van der Waals surface area (Å²) in [7, 11) is 0. The molecule has 0 saturated carbocycles. The zero-order valence-corrected chi connectivity index (χ0v) is 22.1. The second-order valence-corrected chi connectivity index (χ2v) is 10.4. The zero-order chi connectivity index (χ0) is 27.8. The lowest BCUT2D eigenvalue weighted by Crippen LogP contribution is -2.34. The normalized spacial score (nSPS) is 17.6. The van der Waals surface area contributed by atoms with E-state index >= 15 is 0 Å². The largest absolute Gasteiger partial charge is 0.486 e. The number of hydrogen-bond acceptors (Lipinski definition) is 6. The molecule has 2 atom stereocenters. The molecule has 0 amide bonds. The quantitative estimate of drug-likeness (QED) is 0.327. The highest BCUT2D eigenvalue weighted by molar-refractivity contribution is 5.92. The van der Waals surface area contributed by atoms with Crippen LogP contribution in [0.2, 0.25) is 0 Å². The molecule has 0 spiro atoms. The molecule has 6 rings (SSSR count). The van der Waals surface area contributed by atoms with E-state index in [-0.39, 0.29) is 17.2 Å². The number of carbonyl (C=O) groups is 1. The predicted molar refractivity (Wildman–Crippen MR) is 145 cm³/mol. The molecule has 3 heterocycles. The third-order valence-electron chi connectivity index (χ3n) is 7.77. The zero-order valence-electron chi connectivity index (χ0n) is 22.1. The molecule has 1 saturated heterocycles. The molecule has 1 aromatic heterocycles. The van der Waals surface area contributed by atoms with Gasteiger partial charge in [0, 0.05) is 25.3 Å². The number of halogens is 1. The summed E-state index contributed by atoms with van der Waals surface area (Å²) in [6.07, 6.45) is 1.44. The maximum Gasteiger partial charge on any atom is 0.335 e. The lowest BCUT2D eigenvalue weighted by Gasteiger charge is -2.31. The molecule has 0 radical (unpaired) electrons. The van der Waals surface area contributed by atoms with Crippen LogP contribution >= 0.6 is 0 Å². The van der Waals surface area contributed by atoms with Gasteiger partial charge in [-0.05, 0) is 73.4 Å². The summed E-state index contributed by atoms with van der Waals surface area (Å²) >= 11 is 0. The standard InChI is InChI=1S/C31H29FN4O4/c1-19(26-6-2-20(15-33)12-27(26)32)40-24-5-3-21-8-10-35(16-23(21)13-24)18-30-34-28-7-4-22(31(37)38)14-29(28)36(30)17-25-9-11-39-25/h2-7,12-14,19,25H,8-11,16-18H2,1H3,(H,37,38)/t19?,25-/m0/s1. The monoisotopic (exact) mass is 540 g/mol. The number of aromatic nitrogens is 2. The van der Waals surface area contributed by atoms with E-state index in [1.54, 1.807) is 37.3 Å². The highest BCUT2D eigenvalue weighted by Crippen LogP contribution is 2.30. The second kappa shape index (κ2) is 10.7. The highest BCUT2D eigenvalue weighted by atomic mass is 19.1. The Hall–Kier alpha value is -4.26. The summed E-state index contributed by atoms with van der Waals surface area (Å²) in [5.41, 5.74) is 4.90. The third-order valence-corrected chi connectivity index (χ3v) is 7.77. The van der Waals surface area contributed by atoms with Crippen molar-refractivity contribution in [2.45, 2.75) is 51.6 Å². The minimum absolute atomic E-state index is 0.106. The van der Waals surface area contributed by atoms with Crippen LogP contribution in [0.1, 0.15) is 57.9 Å². The van der Waals surface area contributed by atoms with Crippen molar-refractivity contribution in [3.8, 4) is 11.8 Å². The van der Waals surface area contributed by atoms with Gasteiger partial charge in [-0.1, -0.05) is 12.1 Å². The van der Waals surface area contributed by atoms with Crippen molar-refractivity contribution in [1.29, 1.82) is 5.26 Å². The summed E-state index contributed by atoms with van der Waals surface area (Å²) in [5, 5.41) is 18.5. The van der Waals surface area contributed by atoms with Crippen molar-refractivity contribution >= 4 is 17.0 Å². The van der Waals surface area contributed by atoms with E-state index in [4.69, 9.17) is 19.7 Å². The number of nitrogens with zero attached hydrogens (tertiary/aromatic N) is 4. The van der Waals surface area contributed by atoms with Gasteiger partial charge in [0.05, 0.1) is 47.4 Å². The number of rotatable bonds is 8. The van der Waals surface area contributed by atoms with Gasteiger partial charge in [-0.25, -0.2) is 14.2 Å². The van der Waals surface area contributed by atoms with Crippen molar-refractivity contribution in [2.75, 3.05) is 13.2 Å². The predicted octanol–water partition coefficient (Wildman–Crippen LogP) is 5.23. The fourth-order valence-electron chi connectivity index (χ4n) is 5.46. The van der Waals surface area contributed by atoms with E-state index in [9.17, 15) is 14.3 Å². The summed E-state index contributed by atoms with van der Waals surface area (Å²) in [4.78, 5) is 18.8. The van der Waals surface area contributed by atoms with Crippen LogP contribution in [0.4, 0.5) is 4.39 Å². The van der Waals surface area contributed by atoms with Crippen LogP contribution in [0.3, 0.4) is 0 Å². The molecule has 3 aromatic carbocycles. The number of benzene rings is 3. The molecule has 1 N–H and O–H groups in total. The maximum absolute atomic E-state index is 14.5. The lowest BCUT2D eigenvalue weighted by atomic mass is 9.99. The van der Waals surface area contributed by atoms with Crippen molar-refractivity contribution in [3.63, 3.8) is 0 Å². The van der Waals surface area contributed by atoms with E-state index in [2.05, 4.69) is 15.5 Å². The molecule has 1 unspecified atom stereocenters. The van der Waals surface area contributed by atoms with Crippen LogP contribution in [-0.4, -0.2) is 44.8 Å². The first-order chi connectivity index (χ1) is 19.4. The first kappa shape index (κ1) is 26.0. The SMILES string of the molecule is CC(Oc1ccc2c(c1)CN(Cc1nc3ccc(C(=O)O)cc3n1C[C@@H]1CCO1)CC2)c1ccc(C#N)cc1F. The van der Waals surface area contributed by atoms with Crippen LogP contribution in [0, 0.1) is 17.1 Å². The molecule has 0 aliphatic carbocycles. The van der Waals surface area contributed by atoms with Gasteiger partial charge in [-0.3, -0.25) is 4.90 Å². The molecule has 204 valence electrons. The van der Waals surface area contributed by atoms with Gasteiger partial charge in [-0.15, -0.1) is 0 Å². The van der Waals surface area contributed by atoms with Gasteiger partial charge in [-0.2, -0.15) is 5.26 Å². The van der Waals surface area contributed by atoms with E-state index in [1.165, 1.54) is 11.6 Å². The topological polar surface area (TPSA) is 101 Å². The van der Waals surface area contributed by atoms with Crippen LogP contribution < -0.4 is 4.74 Å². The molecule has 0 bridgehead atoms. The fraction of sp³-hybridized carbons (Fsp3) is 0.323. The average Bonchev–Trinajstić information content (AvgIpc) is 3.26. The number of nitriles is 1. The van der Waals surface area contributed by atoms with Gasteiger partial charge >= 0.3 is 5.97 Å². The van der Waals surface area contributed by atoms with Crippen molar-refractivity contribution < 1.29 is 23.8 Å². The number of aromatic carboxylic acids is 1. The first-order valence-corrected chi connectivity index (χ1v) is 13.4. The minimum Gasteiger partial charge on any atom is -0.486 e. The lowest BCUT2D eigenvalue weighted by molar-refractivity contribution is -0.0592. The maximum atomic E-state index is 14.5. The first-order valence-electron chi connectivity index (χ1n) is 13.4. The van der Waals surface area contributed by atoms with Gasteiger partial charge in [0.1, 0.15) is 23.5 Å². The molecule has 9 heteroatoms. The molecule has 2 aliphatic heterocycles. The number of carboxylic acids is 1. The van der Waals surface area contributed by atoms with Crippen molar-refractivity contribution in [3.05, 3.63) is 94.1 Å². The smallest absolute Gasteiger partial charge is 0.335 e. The highest BCUT2D eigenvalue weighted by Gasteiger charge is 2.25. The van der Waals surface area contributed by atoms with E-state index in [1.807, 2.05) is 18.2 Å². The summed E-state index contributed by atoms with van der Waals surface area (Å²) in [5.74, 6) is 0.126. The number of carboxylic acid groups (broad SMARTS) is 1. The molecule has 4 aromatic rings. The Balaban J connectivity index is 1.21. The van der Waals surface area contributed by atoms with Gasteiger partial charge in [0.2, 0.25) is 0 Å². The number of hydrogen-bond donors (Lipinski definition) is 1. The summed E-state index contributed by atoms with van der Waals surface area (Å²) in [6.45, 7) is 5.36. The molecule has 1 fully saturated rings. The van der Waals surface area contributed by atoms with Gasteiger partial charge < -0.3 is 19.1 Å². The van der Waals surface area contributed by atoms with E-state index in [0.29, 0.717) is 30.9 Å². The third kappa shape index (κ3) is 5.16. The Labute approximate surface area is 231 Å². The number of ether oxygens (including phenoxy) is 2. The molecule has 40 heavy (non-hydrogen) atoms. The number of imidazole rings is 1. The summed E-state index contributed by atoms with van der Waals surface area (Å²) < 4.78 is 28.4. The van der Waals surface area contributed by atoms with Crippen LogP contribution in [0.5, 0.6) is 5.75 Å². The van der Waals surface area contributed by atoms with Crippen molar-refractivity contribution in [1.82, 2.24) is 14.5 Å². The fourth-order valence-corrected chi connectivity index (χ4v) is 5.46. The summed E-state index contributed by atoms with van der Waals surface area (Å²) in [6, 6.07) is 17.4. The van der Waals surface area contributed by atoms with Gasteiger partial charge in [0.25, 0.3) is 0 Å². The molecular formula is C31H29FN4O4. The average molecular weight is 541 g/mol.